The molecule has 1 aliphatic carbocycles. The lowest BCUT2D eigenvalue weighted by molar-refractivity contribution is 0.0193. The van der Waals surface area contributed by atoms with Crippen LogP contribution in [-0.4, -0.2) is 49.3 Å². The third kappa shape index (κ3) is 5.71. The summed E-state index contributed by atoms with van der Waals surface area (Å²) in [5.74, 6) is 1.49. The van der Waals surface area contributed by atoms with Crippen LogP contribution in [-0.2, 0) is 4.74 Å². The van der Waals surface area contributed by atoms with Crippen LogP contribution in [0.5, 0.6) is 0 Å². The summed E-state index contributed by atoms with van der Waals surface area (Å²) < 4.78 is 6.23. The number of ether oxygens (including phenoxy) is 1. The maximum Gasteiger partial charge on any atom is 0.0707 e. The van der Waals surface area contributed by atoms with E-state index in [-0.39, 0.29) is 0 Å². The molecule has 2 fully saturated rings. The van der Waals surface area contributed by atoms with Crippen LogP contribution in [0.3, 0.4) is 0 Å². The quantitative estimate of drug-likeness (QED) is 0.704. The zero-order valence-electron chi connectivity index (χ0n) is 13.9. The van der Waals surface area contributed by atoms with Crippen molar-refractivity contribution in [1.82, 2.24) is 10.2 Å². The molecule has 1 saturated carbocycles. The molecule has 2 aliphatic rings. The fourth-order valence-corrected chi connectivity index (χ4v) is 3.14. The smallest absolute Gasteiger partial charge is 0.0707 e. The van der Waals surface area contributed by atoms with Gasteiger partial charge < -0.3 is 10.1 Å². The van der Waals surface area contributed by atoms with Crippen LogP contribution >= 0.6 is 0 Å². The lowest BCUT2D eigenvalue weighted by atomic mass is 10.1. The van der Waals surface area contributed by atoms with Crippen LogP contribution in [0, 0.1) is 11.8 Å². The summed E-state index contributed by atoms with van der Waals surface area (Å²) in [5.41, 5.74) is 0. The van der Waals surface area contributed by atoms with Crippen molar-refractivity contribution in [3.8, 4) is 0 Å². The molecule has 3 nitrogen and oxygen atoms in total. The predicted molar refractivity (Wildman–Crippen MR) is 85.0 cm³/mol. The Balaban J connectivity index is 1.66. The molecular formula is C17H34N2O. The Morgan fingerprint density at radius 2 is 1.70 bits per heavy atom. The number of nitrogens with one attached hydrogen (secondary N) is 1. The highest BCUT2D eigenvalue weighted by molar-refractivity contribution is 4.88. The van der Waals surface area contributed by atoms with E-state index >= 15 is 0 Å². The largest absolute Gasteiger partial charge is 0.372 e. The van der Waals surface area contributed by atoms with Gasteiger partial charge in [-0.1, -0.05) is 27.7 Å². The Hall–Kier alpha value is -0.120. The molecule has 1 heterocycles. The zero-order chi connectivity index (χ0) is 14.5. The molecule has 0 aromatic heterocycles. The Morgan fingerprint density at radius 3 is 2.30 bits per heavy atom. The first-order chi connectivity index (χ1) is 9.54. The molecule has 2 unspecified atom stereocenters. The zero-order valence-corrected chi connectivity index (χ0v) is 13.9. The molecule has 0 amide bonds. The summed E-state index contributed by atoms with van der Waals surface area (Å²) in [6.07, 6.45) is 6.20. The van der Waals surface area contributed by atoms with E-state index in [1.807, 2.05) is 0 Å². The van der Waals surface area contributed by atoms with Crippen LogP contribution in [0.25, 0.3) is 0 Å². The van der Waals surface area contributed by atoms with Gasteiger partial charge in [-0.3, -0.25) is 4.90 Å². The minimum absolute atomic E-state index is 0.443. The molecule has 0 bridgehead atoms. The first kappa shape index (κ1) is 16.3. The van der Waals surface area contributed by atoms with Gasteiger partial charge in [0, 0.05) is 25.7 Å². The van der Waals surface area contributed by atoms with E-state index < -0.39 is 0 Å². The summed E-state index contributed by atoms with van der Waals surface area (Å²) in [4.78, 5) is 2.68. The lowest BCUT2D eigenvalue weighted by Gasteiger charge is -2.27. The highest BCUT2D eigenvalue weighted by Crippen LogP contribution is 2.30. The van der Waals surface area contributed by atoms with Crippen molar-refractivity contribution < 1.29 is 4.74 Å². The first-order valence-electron chi connectivity index (χ1n) is 8.64. The van der Waals surface area contributed by atoms with Gasteiger partial charge >= 0.3 is 0 Å². The Morgan fingerprint density at radius 1 is 1.00 bits per heavy atom. The molecule has 118 valence electrons. The molecule has 2 rings (SSSR count). The fraction of sp³-hybridized carbons (Fsp3) is 1.00. The highest BCUT2D eigenvalue weighted by Gasteiger charge is 2.33. The van der Waals surface area contributed by atoms with Gasteiger partial charge in [-0.05, 0) is 44.1 Å². The summed E-state index contributed by atoms with van der Waals surface area (Å²) in [6.45, 7) is 13.7. The van der Waals surface area contributed by atoms with Crippen LogP contribution in [0.4, 0.5) is 0 Å². The molecule has 2 atom stereocenters. The second-order valence-corrected chi connectivity index (χ2v) is 7.59. The van der Waals surface area contributed by atoms with Crippen LogP contribution < -0.4 is 5.32 Å². The van der Waals surface area contributed by atoms with E-state index in [2.05, 4.69) is 37.9 Å². The second kappa shape index (κ2) is 7.77. The van der Waals surface area contributed by atoms with E-state index in [0.717, 1.165) is 37.5 Å². The molecular weight excluding hydrogens is 248 g/mol. The average Bonchev–Trinajstić information content (AvgIpc) is 3.10. The Kier molecular flexibility index (Phi) is 6.31. The number of hydrogen-bond donors (Lipinski definition) is 1. The van der Waals surface area contributed by atoms with E-state index in [9.17, 15) is 0 Å². The number of rotatable bonds is 9. The minimum Gasteiger partial charge on any atom is -0.372 e. The molecule has 0 aromatic rings. The third-order valence-electron chi connectivity index (χ3n) is 4.22. The van der Waals surface area contributed by atoms with E-state index in [1.165, 1.54) is 32.2 Å². The number of nitrogens with zero attached hydrogens (tertiary/aromatic N) is 1. The Bertz CT molecular complexity index is 276. The maximum atomic E-state index is 6.23. The molecule has 1 aliphatic heterocycles. The summed E-state index contributed by atoms with van der Waals surface area (Å²) in [6, 6.07) is 0.860. The van der Waals surface area contributed by atoms with Crippen molar-refractivity contribution in [2.75, 3.05) is 26.2 Å². The van der Waals surface area contributed by atoms with Crippen molar-refractivity contribution in [2.24, 2.45) is 11.8 Å². The average molecular weight is 282 g/mol. The van der Waals surface area contributed by atoms with Gasteiger partial charge in [-0.15, -0.1) is 0 Å². The van der Waals surface area contributed by atoms with Gasteiger partial charge in [-0.2, -0.15) is 0 Å². The minimum atomic E-state index is 0.443. The van der Waals surface area contributed by atoms with Gasteiger partial charge in [0.15, 0.2) is 0 Å². The molecule has 1 saturated heterocycles. The molecule has 3 heteroatoms. The fourth-order valence-electron chi connectivity index (χ4n) is 3.14. The molecule has 1 N–H and O–H groups in total. The summed E-state index contributed by atoms with van der Waals surface area (Å²) in [5, 5.41) is 3.53. The maximum absolute atomic E-state index is 6.23. The normalized spacial score (nSPS) is 27.1. The van der Waals surface area contributed by atoms with E-state index in [4.69, 9.17) is 4.74 Å². The standard InChI is InChI=1S/C17H34N2O/c1-13(2)9-18-10-16-7-8-17(20-16)12-19(11-14(3)4)15-5-6-15/h13-18H,5-12H2,1-4H3. The van der Waals surface area contributed by atoms with Crippen LogP contribution in [0.2, 0.25) is 0 Å². The summed E-state index contributed by atoms with van der Waals surface area (Å²) in [7, 11) is 0. The summed E-state index contributed by atoms with van der Waals surface area (Å²) >= 11 is 0. The highest BCUT2D eigenvalue weighted by atomic mass is 16.5. The Labute approximate surface area is 125 Å². The molecule has 0 spiro atoms. The van der Waals surface area contributed by atoms with Gasteiger partial charge in [0.05, 0.1) is 12.2 Å². The van der Waals surface area contributed by atoms with Crippen molar-refractivity contribution in [2.45, 2.75) is 71.6 Å². The van der Waals surface area contributed by atoms with E-state index in [0.29, 0.717) is 12.2 Å². The number of hydrogen-bond acceptors (Lipinski definition) is 3. The molecule has 0 aromatic carbocycles. The van der Waals surface area contributed by atoms with Crippen molar-refractivity contribution in [3.63, 3.8) is 0 Å². The van der Waals surface area contributed by atoms with Crippen LogP contribution in [0.1, 0.15) is 53.4 Å². The van der Waals surface area contributed by atoms with Gasteiger partial charge in [0.25, 0.3) is 0 Å². The van der Waals surface area contributed by atoms with Crippen molar-refractivity contribution in [1.29, 1.82) is 0 Å². The van der Waals surface area contributed by atoms with Crippen molar-refractivity contribution in [3.05, 3.63) is 0 Å². The van der Waals surface area contributed by atoms with Gasteiger partial charge in [0.2, 0.25) is 0 Å². The van der Waals surface area contributed by atoms with Crippen molar-refractivity contribution >= 4 is 0 Å². The third-order valence-corrected chi connectivity index (χ3v) is 4.22. The monoisotopic (exact) mass is 282 g/mol. The van der Waals surface area contributed by atoms with E-state index in [1.54, 1.807) is 0 Å². The van der Waals surface area contributed by atoms with Crippen LogP contribution in [0.15, 0.2) is 0 Å². The SMILES string of the molecule is CC(C)CNCC1CCC(CN(CC(C)C)C2CC2)O1. The molecule has 0 radical (unpaired) electrons. The van der Waals surface area contributed by atoms with Gasteiger partial charge in [-0.25, -0.2) is 0 Å². The molecule has 20 heavy (non-hydrogen) atoms. The van der Waals surface area contributed by atoms with Gasteiger partial charge in [0.1, 0.15) is 0 Å². The first-order valence-corrected chi connectivity index (χ1v) is 8.64. The predicted octanol–water partition coefficient (Wildman–Crippen LogP) is 2.90. The second-order valence-electron chi connectivity index (χ2n) is 7.59. The lowest BCUT2D eigenvalue weighted by Crippen LogP contribution is -2.37. The topological polar surface area (TPSA) is 24.5 Å².